The lowest BCUT2D eigenvalue weighted by atomic mass is 9.90. The summed E-state index contributed by atoms with van der Waals surface area (Å²) in [5.41, 5.74) is 3.38. The molecule has 1 amide bonds. The van der Waals surface area contributed by atoms with Gasteiger partial charge in [-0.3, -0.25) is 9.59 Å². The maximum Gasteiger partial charge on any atom is 0.306 e. The van der Waals surface area contributed by atoms with Gasteiger partial charge in [-0.25, -0.2) is 0 Å². The molecule has 1 atom stereocenters. The standard InChI is InChI=1S/C17H23NO3/c1-12(17(20)21)5-4-10-18-16(19)15-9-8-13-6-2-3-7-14(13)11-15/h8-9,11-12H,2-7,10H2,1H3,(H,18,19)(H,20,21). The van der Waals surface area contributed by atoms with Crippen molar-refractivity contribution in [3.8, 4) is 0 Å². The van der Waals surface area contributed by atoms with Gasteiger partial charge in [0.25, 0.3) is 5.91 Å². The first kappa shape index (κ1) is 15.5. The quantitative estimate of drug-likeness (QED) is 0.791. The van der Waals surface area contributed by atoms with E-state index < -0.39 is 5.97 Å². The van der Waals surface area contributed by atoms with Gasteiger partial charge in [0.05, 0.1) is 5.92 Å². The topological polar surface area (TPSA) is 66.4 Å². The Morgan fingerprint density at radius 1 is 1.24 bits per heavy atom. The average molecular weight is 289 g/mol. The Morgan fingerprint density at radius 3 is 2.67 bits per heavy atom. The molecule has 1 unspecified atom stereocenters. The minimum atomic E-state index is -0.781. The highest BCUT2D eigenvalue weighted by Gasteiger charge is 2.13. The molecule has 2 N–H and O–H groups in total. The number of amides is 1. The van der Waals surface area contributed by atoms with E-state index in [1.807, 2.05) is 12.1 Å². The summed E-state index contributed by atoms with van der Waals surface area (Å²) in [6.07, 6.45) is 5.88. The van der Waals surface area contributed by atoms with Gasteiger partial charge >= 0.3 is 5.97 Å². The molecular formula is C17H23NO3. The van der Waals surface area contributed by atoms with Crippen molar-refractivity contribution in [3.63, 3.8) is 0 Å². The molecule has 2 rings (SSSR count). The molecule has 0 radical (unpaired) electrons. The van der Waals surface area contributed by atoms with E-state index in [0.29, 0.717) is 24.9 Å². The third-order valence-corrected chi connectivity index (χ3v) is 4.13. The zero-order chi connectivity index (χ0) is 15.2. The van der Waals surface area contributed by atoms with Crippen LogP contribution in [0.5, 0.6) is 0 Å². The summed E-state index contributed by atoms with van der Waals surface area (Å²) in [6.45, 7) is 2.21. The summed E-state index contributed by atoms with van der Waals surface area (Å²) < 4.78 is 0. The molecule has 0 saturated carbocycles. The van der Waals surface area contributed by atoms with Crippen LogP contribution in [0.15, 0.2) is 18.2 Å². The monoisotopic (exact) mass is 289 g/mol. The van der Waals surface area contributed by atoms with E-state index >= 15 is 0 Å². The van der Waals surface area contributed by atoms with Gasteiger partial charge < -0.3 is 10.4 Å². The number of benzene rings is 1. The molecule has 0 fully saturated rings. The Bertz CT molecular complexity index is 525. The predicted molar refractivity (Wildman–Crippen MR) is 81.5 cm³/mol. The van der Waals surface area contributed by atoms with Crippen LogP contribution in [0.1, 0.15) is 54.1 Å². The third kappa shape index (κ3) is 4.31. The number of hydrogen-bond acceptors (Lipinski definition) is 2. The van der Waals surface area contributed by atoms with Crippen LogP contribution < -0.4 is 5.32 Å². The smallest absolute Gasteiger partial charge is 0.306 e. The number of nitrogens with one attached hydrogen (secondary N) is 1. The molecule has 0 heterocycles. The molecule has 21 heavy (non-hydrogen) atoms. The van der Waals surface area contributed by atoms with Crippen molar-refractivity contribution in [2.75, 3.05) is 6.54 Å². The summed E-state index contributed by atoms with van der Waals surface area (Å²) in [6, 6.07) is 5.96. The molecule has 0 saturated heterocycles. The Kier molecular flexibility index (Phi) is 5.37. The van der Waals surface area contributed by atoms with Gasteiger partial charge in [-0.2, -0.15) is 0 Å². The molecule has 1 aromatic rings. The Labute approximate surface area is 125 Å². The molecule has 0 aromatic heterocycles. The van der Waals surface area contributed by atoms with Crippen LogP contribution in [0.3, 0.4) is 0 Å². The second kappa shape index (κ2) is 7.25. The van der Waals surface area contributed by atoms with Crippen molar-refractivity contribution < 1.29 is 14.7 Å². The summed E-state index contributed by atoms with van der Waals surface area (Å²) >= 11 is 0. The highest BCUT2D eigenvalue weighted by Crippen LogP contribution is 2.22. The van der Waals surface area contributed by atoms with Crippen LogP contribution in [0, 0.1) is 5.92 Å². The minimum Gasteiger partial charge on any atom is -0.481 e. The predicted octanol–water partition coefficient (Wildman–Crippen LogP) is 2.80. The highest BCUT2D eigenvalue weighted by atomic mass is 16.4. The number of carboxylic acids is 1. The number of rotatable bonds is 6. The number of carbonyl (C=O) groups is 2. The second-order valence-corrected chi connectivity index (χ2v) is 5.83. The van der Waals surface area contributed by atoms with E-state index in [9.17, 15) is 9.59 Å². The van der Waals surface area contributed by atoms with E-state index in [-0.39, 0.29) is 11.8 Å². The summed E-state index contributed by atoms with van der Waals surface area (Å²) in [5.74, 6) is -1.20. The van der Waals surface area contributed by atoms with Gasteiger partial charge in [0, 0.05) is 12.1 Å². The zero-order valence-corrected chi connectivity index (χ0v) is 12.5. The van der Waals surface area contributed by atoms with Gasteiger partial charge in [-0.1, -0.05) is 13.0 Å². The van der Waals surface area contributed by atoms with E-state index in [1.54, 1.807) is 6.92 Å². The number of aryl methyl sites for hydroxylation is 2. The van der Waals surface area contributed by atoms with Gasteiger partial charge in [0.15, 0.2) is 0 Å². The lowest BCUT2D eigenvalue weighted by Gasteiger charge is -2.16. The van der Waals surface area contributed by atoms with Crippen LogP contribution in [-0.4, -0.2) is 23.5 Å². The Morgan fingerprint density at radius 2 is 1.95 bits per heavy atom. The van der Waals surface area contributed by atoms with Crippen molar-refractivity contribution in [3.05, 3.63) is 34.9 Å². The lowest BCUT2D eigenvalue weighted by Crippen LogP contribution is -2.25. The van der Waals surface area contributed by atoms with Crippen LogP contribution in [0.25, 0.3) is 0 Å². The first-order valence-corrected chi connectivity index (χ1v) is 7.70. The molecule has 4 nitrogen and oxygen atoms in total. The number of carboxylic acid groups (broad SMARTS) is 1. The normalized spacial score (nSPS) is 15.1. The first-order chi connectivity index (χ1) is 10.1. The van der Waals surface area contributed by atoms with Crippen LogP contribution >= 0.6 is 0 Å². The maximum absolute atomic E-state index is 12.1. The molecule has 0 aliphatic heterocycles. The average Bonchev–Trinajstić information content (AvgIpc) is 2.50. The van der Waals surface area contributed by atoms with Crippen molar-refractivity contribution in [2.45, 2.75) is 45.4 Å². The van der Waals surface area contributed by atoms with E-state index in [2.05, 4.69) is 11.4 Å². The van der Waals surface area contributed by atoms with Crippen molar-refractivity contribution in [2.24, 2.45) is 5.92 Å². The van der Waals surface area contributed by atoms with Gasteiger partial charge in [0.1, 0.15) is 0 Å². The number of fused-ring (bicyclic) bond motifs is 1. The fraction of sp³-hybridized carbons (Fsp3) is 0.529. The zero-order valence-electron chi connectivity index (χ0n) is 12.5. The van der Waals surface area contributed by atoms with Crippen molar-refractivity contribution in [1.82, 2.24) is 5.32 Å². The lowest BCUT2D eigenvalue weighted by molar-refractivity contribution is -0.141. The van der Waals surface area contributed by atoms with Crippen LogP contribution in [0.4, 0.5) is 0 Å². The van der Waals surface area contributed by atoms with Crippen molar-refractivity contribution >= 4 is 11.9 Å². The summed E-state index contributed by atoms with van der Waals surface area (Å²) in [5, 5.41) is 11.7. The second-order valence-electron chi connectivity index (χ2n) is 5.83. The maximum atomic E-state index is 12.1. The van der Waals surface area contributed by atoms with E-state index in [4.69, 9.17) is 5.11 Å². The number of hydrogen-bond donors (Lipinski definition) is 2. The van der Waals surface area contributed by atoms with Crippen LogP contribution in [0.2, 0.25) is 0 Å². The largest absolute Gasteiger partial charge is 0.481 e. The SMILES string of the molecule is CC(CCCNC(=O)c1ccc2c(c1)CCCC2)C(=O)O. The molecule has 114 valence electrons. The van der Waals surface area contributed by atoms with Crippen LogP contribution in [-0.2, 0) is 17.6 Å². The van der Waals surface area contributed by atoms with Gasteiger partial charge in [0.2, 0.25) is 0 Å². The van der Waals surface area contributed by atoms with Gasteiger partial charge in [-0.05, 0) is 61.8 Å². The fourth-order valence-corrected chi connectivity index (χ4v) is 2.71. The first-order valence-electron chi connectivity index (χ1n) is 7.70. The minimum absolute atomic E-state index is 0.0636. The number of aliphatic carboxylic acids is 1. The Balaban J connectivity index is 1.82. The van der Waals surface area contributed by atoms with E-state index in [1.165, 1.54) is 24.0 Å². The number of carbonyl (C=O) groups excluding carboxylic acids is 1. The fourth-order valence-electron chi connectivity index (χ4n) is 2.71. The molecule has 1 aromatic carbocycles. The molecule has 1 aliphatic rings. The highest BCUT2D eigenvalue weighted by molar-refractivity contribution is 5.94. The van der Waals surface area contributed by atoms with E-state index in [0.717, 1.165) is 12.8 Å². The molecule has 4 heteroatoms. The third-order valence-electron chi connectivity index (χ3n) is 4.13. The summed E-state index contributed by atoms with van der Waals surface area (Å²) in [4.78, 5) is 22.8. The van der Waals surface area contributed by atoms with Crippen molar-refractivity contribution in [1.29, 1.82) is 0 Å². The molecule has 0 spiro atoms. The van der Waals surface area contributed by atoms with Gasteiger partial charge in [-0.15, -0.1) is 0 Å². The molecule has 1 aliphatic carbocycles. The molecular weight excluding hydrogens is 266 g/mol. The Hall–Kier alpha value is -1.84. The summed E-state index contributed by atoms with van der Waals surface area (Å²) in [7, 11) is 0. The molecule has 0 bridgehead atoms.